The Balaban J connectivity index is 1.44. The van der Waals surface area contributed by atoms with Gasteiger partial charge in [0.15, 0.2) is 0 Å². The Bertz CT molecular complexity index is 485. The maximum atomic E-state index is 12.2. The minimum Gasteiger partial charge on any atom is -0.352 e. The Morgan fingerprint density at radius 3 is 2.22 bits per heavy atom. The minimum atomic E-state index is 0.252. The van der Waals surface area contributed by atoms with E-state index in [4.69, 9.17) is 0 Å². The lowest BCUT2D eigenvalue weighted by Gasteiger charge is -2.26. The molecule has 23 heavy (non-hydrogen) atoms. The van der Waals surface area contributed by atoms with E-state index in [2.05, 4.69) is 34.5 Å². The molecule has 1 aliphatic heterocycles. The van der Waals surface area contributed by atoms with Crippen molar-refractivity contribution in [3.05, 3.63) is 35.4 Å². The van der Waals surface area contributed by atoms with Crippen molar-refractivity contribution in [2.75, 3.05) is 13.1 Å². The van der Waals surface area contributed by atoms with Crippen molar-refractivity contribution < 1.29 is 4.79 Å². The summed E-state index contributed by atoms with van der Waals surface area (Å²) in [6, 6.07) is 8.77. The third kappa shape index (κ3) is 5.07. The lowest BCUT2D eigenvalue weighted by atomic mass is 9.88. The number of rotatable bonds is 5. The molecule has 2 aliphatic rings. The van der Waals surface area contributed by atoms with E-state index in [9.17, 15) is 4.79 Å². The van der Waals surface area contributed by atoms with E-state index in [0.29, 0.717) is 6.54 Å². The molecule has 1 saturated heterocycles. The first-order valence-corrected chi connectivity index (χ1v) is 9.39. The van der Waals surface area contributed by atoms with Crippen molar-refractivity contribution >= 4 is 5.91 Å². The van der Waals surface area contributed by atoms with Crippen LogP contribution in [0.15, 0.2) is 24.3 Å². The summed E-state index contributed by atoms with van der Waals surface area (Å²) < 4.78 is 0. The van der Waals surface area contributed by atoms with Gasteiger partial charge in [0.1, 0.15) is 0 Å². The van der Waals surface area contributed by atoms with Crippen LogP contribution in [0.5, 0.6) is 0 Å². The zero-order valence-corrected chi connectivity index (χ0v) is 14.2. The number of hydrogen-bond acceptors (Lipinski definition) is 2. The fraction of sp³-hybridized carbons (Fsp3) is 0.650. The molecule has 0 spiro atoms. The highest BCUT2D eigenvalue weighted by molar-refractivity contribution is 5.78. The zero-order chi connectivity index (χ0) is 15.9. The lowest BCUT2D eigenvalue weighted by Crippen LogP contribution is -2.31. The van der Waals surface area contributed by atoms with Crippen molar-refractivity contribution in [2.24, 2.45) is 5.92 Å². The summed E-state index contributed by atoms with van der Waals surface area (Å²) in [6.45, 7) is 4.20. The van der Waals surface area contributed by atoms with Gasteiger partial charge >= 0.3 is 0 Å². The second-order valence-corrected chi connectivity index (χ2v) is 7.21. The van der Waals surface area contributed by atoms with Crippen LogP contribution in [0.3, 0.4) is 0 Å². The van der Waals surface area contributed by atoms with Gasteiger partial charge in [0, 0.05) is 19.0 Å². The average Bonchev–Trinajstić information content (AvgIpc) is 2.62. The van der Waals surface area contributed by atoms with E-state index < -0.39 is 0 Å². The van der Waals surface area contributed by atoms with Gasteiger partial charge in [-0.25, -0.2) is 0 Å². The molecular weight excluding hydrogens is 284 g/mol. The lowest BCUT2D eigenvalue weighted by molar-refractivity contribution is -0.126. The quantitative estimate of drug-likeness (QED) is 0.895. The number of carbonyl (C=O) groups is 1. The zero-order valence-electron chi connectivity index (χ0n) is 14.2. The molecule has 0 aromatic heterocycles. The Labute approximate surface area is 140 Å². The predicted molar refractivity (Wildman–Crippen MR) is 94.0 cm³/mol. The molecule has 0 radical (unpaired) electrons. The van der Waals surface area contributed by atoms with Gasteiger partial charge in [-0.05, 0) is 49.9 Å². The maximum Gasteiger partial charge on any atom is 0.223 e. The first-order valence-electron chi connectivity index (χ1n) is 9.39. The molecule has 0 atom stereocenters. The highest BCUT2D eigenvalue weighted by Gasteiger charge is 2.20. The molecule has 0 unspecified atom stereocenters. The standard InChI is InChI=1S/C20H30N2O/c23-20(19-7-3-1-4-8-19)21-15-17-9-11-18(12-10-17)16-22-13-5-2-6-14-22/h9-12,19H,1-8,13-16H2,(H,21,23). The predicted octanol–water partition coefficient (Wildman–Crippen LogP) is 3.87. The van der Waals surface area contributed by atoms with Crippen LogP contribution in [-0.2, 0) is 17.9 Å². The van der Waals surface area contributed by atoms with Gasteiger partial charge in [-0.2, -0.15) is 0 Å². The van der Waals surface area contributed by atoms with Crippen LogP contribution in [0.4, 0.5) is 0 Å². The number of likely N-dealkylation sites (tertiary alicyclic amines) is 1. The molecule has 1 saturated carbocycles. The first-order chi connectivity index (χ1) is 11.3. The Morgan fingerprint density at radius 2 is 1.52 bits per heavy atom. The van der Waals surface area contributed by atoms with Gasteiger partial charge in [-0.3, -0.25) is 9.69 Å². The molecule has 1 aromatic rings. The summed E-state index contributed by atoms with van der Waals surface area (Å²) in [4.78, 5) is 14.7. The highest BCUT2D eigenvalue weighted by atomic mass is 16.1. The number of carbonyl (C=O) groups excluding carboxylic acids is 1. The second kappa shape index (κ2) is 8.49. The van der Waals surface area contributed by atoms with Gasteiger partial charge < -0.3 is 5.32 Å². The molecule has 1 heterocycles. The van der Waals surface area contributed by atoms with E-state index in [-0.39, 0.29) is 11.8 Å². The van der Waals surface area contributed by atoms with Crippen molar-refractivity contribution in [3.8, 4) is 0 Å². The summed E-state index contributed by atoms with van der Waals surface area (Å²) in [5.41, 5.74) is 2.59. The molecule has 0 bridgehead atoms. The average molecular weight is 314 g/mol. The smallest absolute Gasteiger partial charge is 0.223 e. The van der Waals surface area contributed by atoms with Gasteiger partial charge in [-0.1, -0.05) is 49.9 Å². The van der Waals surface area contributed by atoms with Crippen LogP contribution >= 0.6 is 0 Å². The fourth-order valence-electron chi connectivity index (χ4n) is 3.84. The minimum absolute atomic E-state index is 0.252. The summed E-state index contributed by atoms with van der Waals surface area (Å²) in [5, 5.41) is 3.12. The molecule has 1 N–H and O–H groups in total. The van der Waals surface area contributed by atoms with E-state index in [0.717, 1.165) is 19.4 Å². The number of nitrogens with one attached hydrogen (secondary N) is 1. The first kappa shape index (κ1) is 16.5. The van der Waals surface area contributed by atoms with Crippen molar-refractivity contribution in [1.29, 1.82) is 0 Å². The fourth-order valence-corrected chi connectivity index (χ4v) is 3.84. The van der Waals surface area contributed by atoms with Crippen LogP contribution < -0.4 is 5.32 Å². The van der Waals surface area contributed by atoms with E-state index in [1.807, 2.05) is 0 Å². The Kier molecular flexibility index (Phi) is 6.09. The molecule has 1 aromatic carbocycles. The normalized spacial score (nSPS) is 20.3. The van der Waals surface area contributed by atoms with E-state index in [1.54, 1.807) is 0 Å². The third-order valence-corrected chi connectivity index (χ3v) is 5.32. The number of amides is 1. The number of nitrogens with zero attached hydrogens (tertiary/aromatic N) is 1. The second-order valence-electron chi connectivity index (χ2n) is 7.21. The largest absolute Gasteiger partial charge is 0.352 e. The molecule has 2 fully saturated rings. The molecule has 3 nitrogen and oxygen atoms in total. The summed E-state index contributed by atoms with van der Waals surface area (Å²) in [7, 11) is 0. The highest BCUT2D eigenvalue weighted by Crippen LogP contribution is 2.23. The summed E-state index contributed by atoms with van der Waals surface area (Å²) in [5.74, 6) is 0.504. The molecule has 1 amide bonds. The Morgan fingerprint density at radius 1 is 0.913 bits per heavy atom. The summed E-state index contributed by atoms with van der Waals surface area (Å²) >= 11 is 0. The summed E-state index contributed by atoms with van der Waals surface area (Å²) in [6.07, 6.45) is 9.92. The molecule has 3 heteroatoms. The van der Waals surface area contributed by atoms with Gasteiger partial charge in [0.05, 0.1) is 0 Å². The number of piperidine rings is 1. The molecule has 3 rings (SSSR count). The topological polar surface area (TPSA) is 32.3 Å². The van der Waals surface area contributed by atoms with Crippen molar-refractivity contribution in [1.82, 2.24) is 10.2 Å². The Hall–Kier alpha value is -1.35. The van der Waals surface area contributed by atoms with Gasteiger partial charge in [0.2, 0.25) is 5.91 Å². The van der Waals surface area contributed by atoms with Crippen molar-refractivity contribution in [3.63, 3.8) is 0 Å². The van der Waals surface area contributed by atoms with Crippen molar-refractivity contribution in [2.45, 2.75) is 64.5 Å². The number of benzene rings is 1. The molecular formula is C20H30N2O. The SMILES string of the molecule is O=C(NCc1ccc(CN2CCCCC2)cc1)C1CCCCC1. The van der Waals surface area contributed by atoms with Crippen LogP contribution in [0.2, 0.25) is 0 Å². The maximum absolute atomic E-state index is 12.2. The monoisotopic (exact) mass is 314 g/mol. The van der Waals surface area contributed by atoms with Crippen LogP contribution in [0, 0.1) is 5.92 Å². The van der Waals surface area contributed by atoms with Crippen LogP contribution in [-0.4, -0.2) is 23.9 Å². The van der Waals surface area contributed by atoms with Crippen LogP contribution in [0.25, 0.3) is 0 Å². The number of hydrogen-bond donors (Lipinski definition) is 1. The third-order valence-electron chi connectivity index (χ3n) is 5.32. The molecule has 1 aliphatic carbocycles. The molecule has 126 valence electrons. The van der Waals surface area contributed by atoms with Crippen LogP contribution in [0.1, 0.15) is 62.5 Å². The van der Waals surface area contributed by atoms with E-state index >= 15 is 0 Å². The van der Waals surface area contributed by atoms with Gasteiger partial charge in [-0.15, -0.1) is 0 Å². The van der Waals surface area contributed by atoms with Gasteiger partial charge in [0.25, 0.3) is 0 Å². The van der Waals surface area contributed by atoms with E-state index in [1.165, 1.54) is 62.7 Å².